The molecular formula is C7H8N2O2S. The summed E-state index contributed by atoms with van der Waals surface area (Å²) in [7, 11) is 1.42. The van der Waals surface area contributed by atoms with Crippen molar-refractivity contribution in [2.24, 2.45) is 0 Å². The Labute approximate surface area is 75.3 Å². The van der Waals surface area contributed by atoms with Crippen LogP contribution < -0.4 is 4.90 Å². The van der Waals surface area contributed by atoms with E-state index in [1.165, 1.54) is 13.2 Å². The van der Waals surface area contributed by atoms with E-state index in [2.05, 4.69) is 17.6 Å². The van der Waals surface area contributed by atoms with Gasteiger partial charge in [0, 0.05) is 18.1 Å². The first-order valence-electron chi connectivity index (χ1n) is 3.23. The highest BCUT2D eigenvalue weighted by atomic mass is 32.1. The summed E-state index contributed by atoms with van der Waals surface area (Å²) < 4.78 is 0. The van der Waals surface area contributed by atoms with E-state index in [4.69, 9.17) is 5.11 Å². The molecule has 0 atom stereocenters. The molecule has 1 N–H and O–H groups in total. The van der Waals surface area contributed by atoms with Crippen molar-refractivity contribution in [1.82, 2.24) is 4.98 Å². The van der Waals surface area contributed by atoms with Gasteiger partial charge in [-0.1, -0.05) is 0 Å². The Hall–Kier alpha value is -1.23. The molecule has 64 valence electrons. The molecule has 1 heterocycles. The highest BCUT2D eigenvalue weighted by Crippen LogP contribution is 2.18. The molecule has 0 bridgehead atoms. The van der Waals surface area contributed by atoms with E-state index in [-0.39, 0.29) is 0 Å². The predicted octanol–water partition coefficient (Wildman–Crippen LogP) is 1.48. The molecule has 12 heavy (non-hydrogen) atoms. The van der Waals surface area contributed by atoms with Crippen LogP contribution in [0.5, 0.6) is 0 Å². The molecule has 1 amide bonds. The molecule has 1 rings (SSSR count). The van der Waals surface area contributed by atoms with Crippen LogP contribution in [0.4, 0.5) is 10.6 Å². The number of anilines is 1. The zero-order chi connectivity index (χ0) is 9.14. The molecule has 0 aliphatic heterocycles. The molecule has 0 unspecified atom stereocenters. The molecular weight excluding hydrogens is 176 g/mol. The third-order valence-corrected chi connectivity index (χ3v) is 1.72. The second-order valence-corrected chi connectivity index (χ2v) is 2.67. The van der Waals surface area contributed by atoms with Gasteiger partial charge in [0.25, 0.3) is 0 Å². The van der Waals surface area contributed by atoms with Crippen molar-refractivity contribution in [3.8, 4) is 0 Å². The van der Waals surface area contributed by atoms with Gasteiger partial charge in [0.1, 0.15) is 0 Å². The minimum Gasteiger partial charge on any atom is -0.465 e. The molecule has 0 spiro atoms. The second kappa shape index (κ2) is 3.44. The Bertz CT molecular complexity index is 303. The lowest BCUT2D eigenvalue weighted by molar-refractivity contribution is 0.203. The molecule has 5 heteroatoms. The Kier molecular flexibility index (Phi) is 2.54. The van der Waals surface area contributed by atoms with Crippen molar-refractivity contribution >= 4 is 24.5 Å². The standard InChI is InChI=1S/C7H8N2O2S/c1-9(7(10)11)6-5(12)3-2-4-8-6/h2-4,12H,1H3,(H,10,11). The lowest BCUT2D eigenvalue weighted by Gasteiger charge is -2.12. The SMILES string of the molecule is CN(C(=O)O)c1ncccc1S. The van der Waals surface area contributed by atoms with Gasteiger partial charge in [-0.05, 0) is 12.1 Å². The summed E-state index contributed by atoms with van der Waals surface area (Å²) in [4.78, 5) is 15.9. The monoisotopic (exact) mass is 184 g/mol. The summed E-state index contributed by atoms with van der Waals surface area (Å²) in [5.74, 6) is 0.341. The molecule has 1 aromatic rings. The largest absolute Gasteiger partial charge is 0.465 e. The van der Waals surface area contributed by atoms with Gasteiger partial charge in [0.15, 0.2) is 5.82 Å². The molecule has 0 radical (unpaired) electrons. The maximum atomic E-state index is 10.5. The van der Waals surface area contributed by atoms with Gasteiger partial charge in [-0.2, -0.15) is 0 Å². The number of carboxylic acid groups (broad SMARTS) is 1. The maximum Gasteiger partial charge on any atom is 0.412 e. The second-order valence-electron chi connectivity index (χ2n) is 2.19. The summed E-state index contributed by atoms with van der Waals surface area (Å²) >= 11 is 4.06. The van der Waals surface area contributed by atoms with E-state index >= 15 is 0 Å². The Morgan fingerprint density at radius 1 is 1.75 bits per heavy atom. The van der Waals surface area contributed by atoms with Gasteiger partial charge >= 0.3 is 6.09 Å². The van der Waals surface area contributed by atoms with Gasteiger partial charge < -0.3 is 5.11 Å². The van der Waals surface area contributed by atoms with E-state index in [0.29, 0.717) is 10.7 Å². The molecule has 1 aromatic heterocycles. The van der Waals surface area contributed by atoms with Crippen LogP contribution in [-0.2, 0) is 0 Å². The van der Waals surface area contributed by atoms with Crippen LogP contribution >= 0.6 is 12.6 Å². The van der Waals surface area contributed by atoms with Crippen LogP contribution in [0.1, 0.15) is 0 Å². The van der Waals surface area contributed by atoms with E-state index in [9.17, 15) is 4.79 Å². The summed E-state index contributed by atoms with van der Waals surface area (Å²) in [6.45, 7) is 0. The smallest absolute Gasteiger partial charge is 0.412 e. The molecule has 0 aliphatic carbocycles. The first-order valence-corrected chi connectivity index (χ1v) is 3.68. The van der Waals surface area contributed by atoms with Gasteiger partial charge in [-0.3, -0.25) is 4.90 Å². The zero-order valence-corrected chi connectivity index (χ0v) is 7.32. The van der Waals surface area contributed by atoms with Gasteiger partial charge in [0.2, 0.25) is 0 Å². The number of carbonyl (C=O) groups is 1. The average Bonchev–Trinajstić information content (AvgIpc) is 2.04. The Morgan fingerprint density at radius 3 is 2.92 bits per heavy atom. The number of nitrogens with zero attached hydrogens (tertiary/aromatic N) is 2. The number of hydrogen-bond donors (Lipinski definition) is 2. The van der Waals surface area contributed by atoms with E-state index < -0.39 is 6.09 Å². The quantitative estimate of drug-likeness (QED) is 0.650. The molecule has 0 aliphatic rings. The lowest BCUT2D eigenvalue weighted by atomic mass is 10.4. The maximum absolute atomic E-state index is 10.5. The van der Waals surface area contributed by atoms with Gasteiger partial charge in [-0.15, -0.1) is 12.6 Å². The lowest BCUT2D eigenvalue weighted by Crippen LogP contribution is -2.25. The average molecular weight is 184 g/mol. The summed E-state index contributed by atoms with van der Waals surface area (Å²) in [6.07, 6.45) is 0.470. The topological polar surface area (TPSA) is 53.4 Å². The summed E-state index contributed by atoms with van der Waals surface area (Å²) in [5, 5.41) is 8.61. The number of aromatic nitrogens is 1. The molecule has 0 fully saturated rings. The first-order chi connectivity index (χ1) is 5.63. The van der Waals surface area contributed by atoms with Crippen molar-refractivity contribution in [2.45, 2.75) is 4.90 Å². The number of rotatable bonds is 1. The molecule has 0 saturated heterocycles. The number of thiol groups is 1. The number of pyridine rings is 1. The van der Waals surface area contributed by atoms with Crippen molar-refractivity contribution in [2.75, 3.05) is 11.9 Å². The predicted molar refractivity (Wildman–Crippen MR) is 47.9 cm³/mol. The van der Waals surface area contributed by atoms with Crippen molar-refractivity contribution in [3.05, 3.63) is 18.3 Å². The van der Waals surface area contributed by atoms with Crippen LogP contribution in [0.15, 0.2) is 23.2 Å². The summed E-state index contributed by atoms with van der Waals surface area (Å²) in [6, 6.07) is 3.38. The van der Waals surface area contributed by atoms with Crippen LogP contribution in [0.3, 0.4) is 0 Å². The van der Waals surface area contributed by atoms with Crippen LogP contribution in [0.25, 0.3) is 0 Å². The van der Waals surface area contributed by atoms with Crippen molar-refractivity contribution < 1.29 is 9.90 Å². The highest BCUT2D eigenvalue weighted by Gasteiger charge is 2.11. The van der Waals surface area contributed by atoms with Crippen LogP contribution in [0.2, 0.25) is 0 Å². The normalized spacial score (nSPS) is 9.50. The van der Waals surface area contributed by atoms with Crippen molar-refractivity contribution in [1.29, 1.82) is 0 Å². The van der Waals surface area contributed by atoms with Gasteiger partial charge in [0.05, 0.1) is 0 Å². The fourth-order valence-corrected chi connectivity index (χ4v) is 1.03. The summed E-state index contributed by atoms with van der Waals surface area (Å²) in [5.41, 5.74) is 0. The Morgan fingerprint density at radius 2 is 2.42 bits per heavy atom. The highest BCUT2D eigenvalue weighted by molar-refractivity contribution is 7.80. The van der Waals surface area contributed by atoms with Gasteiger partial charge in [-0.25, -0.2) is 9.78 Å². The Balaban J connectivity index is 3.02. The number of amides is 1. The first kappa shape index (κ1) is 8.86. The molecule has 0 aromatic carbocycles. The molecule has 0 saturated carbocycles. The van der Waals surface area contributed by atoms with Crippen LogP contribution in [-0.4, -0.2) is 23.2 Å². The third kappa shape index (κ3) is 1.68. The fourth-order valence-electron chi connectivity index (χ4n) is 0.738. The minimum absolute atomic E-state index is 0.341. The number of hydrogen-bond acceptors (Lipinski definition) is 3. The molecule has 4 nitrogen and oxygen atoms in total. The van der Waals surface area contributed by atoms with Crippen molar-refractivity contribution in [3.63, 3.8) is 0 Å². The van der Waals surface area contributed by atoms with E-state index in [1.807, 2.05) is 0 Å². The van der Waals surface area contributed by atoms with E-state index in [0.717, 1.165) is 4.90 Å². The fraction of sp³-hybridized carbons (Fsp3) is 0.143. The third-order valence-electron chi connectivity index (χ3n) is 1.37. The van der Waals surface area contributed by atoms with E-state index in [1.54, 1.807) is 12.1 Å². The van der Waals surface area contributed by atoms with Crippen LogP contribution in [0, 0.1) is 0 Å². The minimum atomic E-state index is -1.05. The zero-order valence-electron chi connectivity index (χ0n) is 6.43.